The summed E-state index contributed by atoms with van der Waals surface area (Å²) < 4.78 is 225. The van der Waals surface area contributed by atoms with E-state index in [0.29, 0.717) is 92.2 Å². The monoisotopic (exact) mass is 2100 g/mol. The molecule has 7 N–H and O–H groups in total. The fourth-order valence-corrected chi connectivity index (χ4v) is 14.8. The number of hydrogen-bond acceptors (Lipinski definition) is 20. The van der Waals surface area contributed by atoms with Crippen molar-refractivity contribution in [1.82, 2.24) is 0 Å². The Morgan fingerprint density at radius 2 is 0.500 bits per heavy atom. The van der Waals surface area contributed by atoms with Crippen LogP contribution in [0.3, 0.4) is 0 Å². The number of rotatable bonds is 35. The molecule has 0 unspecified atom stereocenters. The summed E-state index contributed by atoms with van der Waals surface area (Å²) in [5.41, 5.74) is 14.6. The van der Waals surface area contributed by atoms with Gasteiger partial charge in [0.05, 0.1) is 129 Å². The van der Waals surface area contributed by atoms with Crippen LogP contribution < -0.4 is 65.1 Å². The number of anilines is 6. The molecule has 0 radical (unpaired) electrons. The van der Waals surface area contributed by atoms with E-state index in [1.165, 1.54) is 103 Å². The van der Waals surface area contributed by atoms with Gasteiger partial charge in [0.2, 0.25) is 0 Å². The number of carbonyl (C=O) groups excluding carboxylic acids is 6. The van der Waals surface area contributed by atoms with Crippen molar-refractivity contribution in [2.45, 2.75) is 179 Å². The first-order valence-electron chi connectivity index (χ1n) is 46.8. The first-order chi connectivity index (χ1) is 71.7. The number of hydrogen-bond donors (Lipinski definition) is 7. The molecule has 1 fully saturated rings. The molecule has 0 bridgehead atoms. The highest BCUT2D eigenvalue weighted by molar-refractivity contribution is 5.89. The molecule has 1 aliphatic rings. The van der Waals surface area contributed by atoms with E-state index in [2.05, 4.69) is 60.3 Å². The molecule has 0 heterocycles. The van der Waals surface area contributed by atoms with Crippen molar-refractivity contribution >= 4 is 70.7 Å². The van der Waals surface area contributed by atoms with Crippen LogP contribution in [0, 0.1) is 55.4 Å². The van der Waals surface area contributed by atoms with Gasteiger partial charge in [-0.15, -0.1) is 0 Å². The Balaban J connectivity index is 0.000000219. The molecule has 13 rings (SSSR count). The van der Waals surface area contributed by atoms with Gasteiger partial charge in [-0.2, -0.15) is 0 Å². The van der Waals surface area contributed by atoms with Crippen LogP contribution in [0.15, 0.2) is 218 Å². The summed E-state index contributed by atoms with van der Waals surface area (Å²) in [5.74, 6) is 1.59. The quantitative estimate of drug-likeness (QED) is 0.0143. The number of carbonyl (C=O) groups is 6. The van der Waals surface area contributed by atoms with E-state index >= 15 is 0 Å². The van der Waals surface area contributed by atoms with Crippen molar-refractivity contribution in [3.8, 4) is 40.2 Å². The minimum atomic E-state index is -2.67. The summed E-state index contributed by atoms with van der Waals surface area (Å²) in [7, 11) is 7.57. The third-order valence-electron chi connectivity index (χ3n) is 22.7. The SMILES string of the molecule is CCOc1cccc(NC(=O)OC)c1COc1ccc(C)cc1C(F)F.CCc1cccc(NC(=O)OC)c1COc1ccc(C)cc1C(F)F.COC(=O)Nc1cccc(C)c1COc1ccc(C)cc1C(F)F.COC(=O)Nc1cccc(C)c1COc1ccc(C)cc1C(F)F.COC(=O)Nc1cccc(C2CC2)c1COc1ccc(C)cc1C(F)F.COC(=O)Nc1cccc(CO)c1COc1ccc(C)cc1C(F)F. The van der Waals surface area contributed by atoms with Crippen LogP contribution in [0.5, 0.6) is 40.2 Å². The molecule has 0 spiro atoms. The lowest BCUT2D eigenvalue weighted by Crippen LogP contribution is -2.14. The number of ether oxygens (including phenoxy) is 13. The second-order valence-electron chi connectivity index (χ2n) is 33.4. The lowest BCUT2D eigenvalue weighted by molar-refractivity contribution is 0.143. The minimum Gasteiger partial charge on any atom is -0.493 e. The van der Waals surface area contributed by atoms with E-state index in [9.17, 15) is 86.6 Å². The topological polar surface area (TPSA) is 315 Å². The highest BCUT2D eigenvalue weighted by atomic mass is 19.3. The Kier molecular flexibility index (Phi) is 47.4. The molecule has 150 heavy (non-hydrogen) atoms. The summed E-state index contributed by atoms with van der Waals surface area (Å²) in [5, 5.41) is 25.1. The summed E-state index contributed by atoms with van der Waals surface area (Å²) in [4.78, 5) is 69.0. The van der Waals surface area contributed by atoms with Gasteiger partial charge in [-0.05, 0) is 231 Å². The molecule has 0 saturated heterocycles. The maximum atomic E-state index is 13.3. The largest absolute Gasteiger partial charge is 0.493 e. The van der Waals surface area contributed by atoms with Gasteiger partial charge in [0.15, 0.2) is 0 Å². The average molecular weight is 2100 g/mol. The molecule has 38 heteroatoms. The van der Waals surface area contributed by atoms with Crippen LogP contribution in [0.25, 0.3) is 0 Å². The maximum absolute atomic E-state index is 13.3. The van der Waals surface area contributed by atoms with Gasteiger partial charge in [0.25, 0.3) is 38.6 Å². The number of nitrogens with one attached hydrogen (secondary N) is 6. The first kappa shape index (κ1) is 119. The van der Waals surface area contributed by atoms with Gasteiger partial charge in [-0.25, -0.2) is 81.5 Å². The molecule has 12 aromatic carbocycles. The van der Waals surface area contributed by atoms with Gasteiger partial charge < -0.3 is 66.7 Å². The third-order valence-corrected chi connectivity index (χ3v) is 22.7. The Bertz CT molecular complexity index is 6260. The predicted octanol–water partition coefficient (Wildman–Crippen LogP) is 30.1. The number of amides is 6. The van der Waals surface area contributed by atoms with Crippen molar-refractivity contribution in [1.29, 1.82) is 0 Å². The zero-order valence-electron chi connectivity index (χ0n) is 85.3. The first-order valence-corrected chi connectivity index (χ1v) is 46.8. The highest BCUT2D eigenvalue weighted by Gasteiger charge is 2.30. The smallest absolute Gasteiger partial charge is 0.411 e. The summed E-state index contributed by atoms with van der Waals surface area (Å²) >= 11 is 0. The van der Waals surface area contributed by atoms with Crippen LogP contribution in [-0.4, -0.2) is 90.9 Å². The van der Waals surface area contributed by atoms with Gasteiger partial charge in [-0.3, -0.25) is 31.9 Å². The minimum absolute atomic E-state index is 0.0504. The van der Waals surface area contributed by atoms with Crippen LogP contribution in [-0.2, 0) is 81.1 Å². The molecule has 1 saturated carbocycles. The Hall–Kier alpha value is -16.0. The van der Waals surface area contributed by atoms with E-state index in [1.807, 2.05) is 64.1 Å². The molecular weight excluding hydrogens is 1980 g/mol. The Morgan fingerprint density at radius 1 is 0.273 bits per heavy atom. The second-order valence-corrected chi connectivity index (χ2v) is 33.4. The predicted molar refractivity (Wildman–Crippen MR) is 546 cm³/mol. The number of halogens is 12. The average Bonchev–Trinajstić information content (AvgIpc) is 1.66. The molecule has 6 amide bonds. The zero-order chi connectivity index (χ0) is 110. The number of alkyl halides is 12. The van der Waals surface area contributed by atoms with E-state index in [-0.39, 0.29) is 114 Å². The van der Waals surface area contributed by atoms with Gasteiger partial charge in [0, 0.05) is 27.8 Å². The zero-order valence-corrected chi connectivity index (χ0v) is 85.3. The number of aliphatic hydroxyl groups excluding tert-OH is 1. The molecule has 0 atom stereocenters. The number of aliphatic hydroxyl groups is 1. The molecule has 802 valence electrons. The fraction of sp³-hybridized carbons (Fsp3) is 0.304. The number of methoxy groups -OCH3 is 6. The fourth-order valence-electron chi connectivity index (χ4n) is 14.8. The molecular formula is C112H120F12N6O20. The maximum Gasteiger partial charge on any atom is 0.411 e. The van der Waals surface area contributed by atoms with E-state index in [4.69, 9.17) is 33.2 Å². The molecule has 26 nitrogen and oxygen atoms in total. The summed E-state index contributed by atoms with van der Waals surface area (Å²) in [6.07, 6.45) is -16.7. The van der Waals surface area contributed by atoms with Gasteiger partial charge >= 0.3 is 36.6 Å². The molecule has 1 aliphatic carbocycles. The lowest BCUT2D eigenvalue weighted by Gasteiger charge is -2.17. The number of aryl methyl sites for hydroxylation is 9. The Morgan fingerprint density at radius 3 is 0.760 bits per heavy atom. The third kappa shape index (κ3) is 36.2. The van der Waals surface area contributed by atoms with Crippen LogP contribution in [0.2, 0.25) is 0 Å². The molecule has 0 aromatic heterocycles. The van der Waals surface area contributed by atoms with Crippen LogP contribution >= 0.6 is 0 Å². The Labute approximate surface area is 861 Å². The lowest BCUT2D eigenvalue weighted by atomic mass is 10.0. The van der Waals surface area contributed by atoms with Crippen molar-refractivity contribution in [3.05, 3.63) is 346 Å². The van der Waals surface area contributed by atoms with E-state index < -0.39 is 75.1 Å². The van der Waals surface area contributed by atoms with Crippen molar-refractivity contribution in [3.63, 3.8) is 0 Å². The summed E-state index contributed by atoms with van der Waals surface area (Å²) in [6, 6.07) is 59.5. The summed E-state index contributed by atoms with van der Waals surface area (Å²) in [6.45, 7) is 18.2. The normalized spacial score (nSPS) is 11.1. The van der Waals surface area contributed by atoms with Crippen LogP contribution in [0.1, 0.15) is 199 Å². The van der Waals surface area contributed by atoms with Crippen molar-refractivity contribution < 1.29 is 148 Å². The highest BCUT2D eigenvalue weighted by Crippen LogP contribution is 2.45. The van der Waals surface area contributed by atoms with Crippen LogP contribution in [0.4, 0.5) is 116 Å². The standard InChI is InChI=1S/C20H21F2NO3.C19H21F2NO4.C19H21F2NO3.C18H19F2NO4.2C18H19F2NO3/c1-12-6-9-18(15(10-12)19(21)22)26-11-16-14(13-7-8-13)4-3-5-17(16)23-20(24)25-2;1-4-25-16-7-5-6-15(22-19(23)24-3)14(16)11-26-17-9-8-12(2)10-13(17)18(20)21;1-4-13-6-5-7-16(22-19(23)24-3)15(13)11-25-17-9-8-12(2)10-14(17)18(20)21;1-11-6-7-16(13(8-11)17(19)20)25-10-14-12(9-22)4-3-5-15(14)21-18(23)24-2;2*1-11-7-8-16(13(9-11)17(19)20)24-10-14-12(2)5-4-6-15(14)21-18(22)23-3/h3-6,9-10,13,19H,7-8,11H2,1-2H3,(H,23,24);5-10,18H,4,11H2,1-3H3,(H,22,23);5-10,18H,4,11H2,1-3H3,(H,22,23);3-8,17,22H,9-10H2,1-2H3,(H,21,23);2*4-9,17H,10H2,1-3H3,(H,21,22). The number of benzene rings is 12. The van der Waals surface area contributed by atoms with Gasteiger partial charge in [-0.1, -0.05) is 143 Å². The molecule has 0 aliphatic heterocycles. The second kappa shape index (κ2) is 59.7. The van der Waals surface area contributed by atoms with Gasteiger partial charge in [0.1, 0.15) is 79.9 Å². The molecule has 12 aromatic rings. The van der Waals surface area contributed by atoms with Crippen molar-refractivity contribution in [2.75, 3.05) is 81.2 Å². The van der Waals surface area contributed by atoms with E-state index in [1.54, 1.807) is 163 Å². The van der Waals surface area contributed by atoms with E-state index in [0.717, 1.165) is 74.0 Å². The van der Waals surface area contributed by atoms with Crippen molar-refractivity contribution in [2.24, 2.45) is 0 Å².